The van der Waals surface area contributed by atoms with Gasteiger partial charge in [0.2, 0.25) is 0 Å². The largest absolute Gasteiger partial charge is 0.462 e. The third-order valence-corrected chi connectivity index (χ3v) is 3.08. The number of nitrogens with two attached hydrogens (primary N) is 1. The first-order valence-corrected chi connectivity index (χ1v) is 6.79. The molecule has 0 saturated carbocycles. The minimum atomic E-state index is -0.284. The predicted molar refractivity (Wildman–Crippen MR) is 79.4 cm³/mol. The summed E-state index contributed by atoms with van der Waals surface area (Å²) >= 11 is 0. The van der Waals surface area contributed by atoms with Crippen molar-refractivity contribution in [3.63, 3.8) is 0 Å². The molecule has 0 bridgehead atoms. The van der Waals surface area contributed by atoms with Crippen molar-refractivity contribution in [2.75, 3.05) is 6.61 Å². The van der Waals surface area contributed by atoms with Gasteiger partial charge >= 0.3 is 5.97 Å². The summed E-state index contributed by atoms with van der Waals surface area (Å²) in [6.45, 7) is 0.857. The van der Waals surface area contributed by atoms with Gasteiger partial charge in [0.25, 0.3) is 0 Å². The van der Waals surface area contributed by atoms with E-state index in [9.17, 15) is 4.79 Å². The van der Waals surface area contributed by atoms with Crippen LogP contribution < -0.4 is 5.73 Å². The van der Waals surface area contributed by atoms with Crippen molar-refractivity contribution >= 4 is 5.97 Å². The van der Waals surface area contributed by atoms with Crippen LogP contribution in [0.2, 0.25) is 0 Å². The Kier molecular flexibility index (Phi) is 5.33. The number of hydrogen-bond acceptors (Lipinski definition) is 3. The molecule has 0 amide bonds. The maximum Gasteiger partial charge on any atom is 0.338 e. The van der Waals surface area contributed by atoms with Crippen molar-refractivity contribution in [2.45, 2.75) is 19.4 Å². The van der Waals surface area contributed by atoms with Gasteiger partial charge in [-0.05, 0) is 36.1 Å². The Bertz CT molecular complexity index is 552. The van der Waals surface area contributed by atoms with Crippen LogP contribution in [0.3, 0.4) is 0 Å². The van der Waals surface area contributed by atoms with Gasteiger partial charge in [-0.25, -0.2) is 4.79 Å². The average molecular weight is 269 g/mol. The molecule has 0 spiro atoms. The van der Waals surface area contributed by atoms with E-state index in [1.165, 1.54) is 5.56 Å². The molecule has 0 aliphatic rings. The van der Waals surface area contributed by atoms with E-state index in [1.807, 2.05) is 30.3 Å². The number of hydrogen-bond donors (Lipinski definition) is 1. The molecule has 0 unspecified atom stereocenters. The van der Waals surface area contributed by atoms with E-state index in [-0.39, 0.29) is 5.97 Å². The topological polar surface area (TPSA) is 52.3 Å². The van der Waals surface area contributed by atoms with Crippen molar-refractivity contribution in [1.29, 1.82) is 0 Å². The van der Waals surface area contributed by atoms with Gasteiger partial charge in [-0.1, -0.05) is 42.5 Å². The quantitative estimate of drug-likeness (QED) is 0.648. The first-order chi connectivity index (χ1) is 9.79. The molecule has 20 heavy (non-hydrogen) atoms. The van der Waals surface area contributed by atoms with Crippen LogP contribution in [0.1, 0.15) is 27.9 Å². The van der Waals surface area contributed by atoms with Crippen LogP contribution in [0, 0.1) is 0 Å². The van der Waals surface area contributed by atoms with Crippen molar-refractivity contribution in [3.05, 3.63) is 71.3 Å². The molecular weight excluding hydrogens is 250 g/mol. The summed E-state index contributed by atoms with van der Waals surface area (Å²) in [6, 6.07) is 17.4. The molecule has 0 fully saturated rings. The lowest BCUT2D eigenvalue weighted by atomic mass is 10.1. The van der Waals surface area contributed by atoms with Gasteiger partial charge in [-0.15, -0.1) is 0 Å². The molecule has 104 valence electrons. The maximum atomic E-state index is 11.9. The fourth-order valence-corrected chi connectivity index (χ4v) is 1.99. The number of aryl methyl sites for hydroxylation is 1. The van der Waals surface area contributed by atoms with Crippen LogP contribution in [-0.4, -0.2) is 12.6 Å². The molecule has 2 rings (SSSR count). The Hall–Kier alpha value is -2.13. The van der Waals surface area contributed by atoms with E-state index in [0.717, 1.165) is 18.4 Å². The number of rotatable bonds is 6. The third kappa shape index (κ3) is 4.21. The molecule has 0 aliphatic carbocycles. The number of ether oxygens (including phenoxy) is 1. The number of benzene rings is 2. The molecule has 2 N–H and O–H groups in total. The highest BCUT2D eigenvalue weighted by atomic mass is 16.5. The highest BCUT2D eigenvalue weighted by Crippen LogP contribution is 2.07. The molecule has 3 nitrogen and oxygen atoms in total. The molecule has 0 aliphatic heterocycles. The molecule has 0 heterocycles. The van der Waals surface area contributed by atoms with Gasteiger partial charge in [-0.3, -0.25) is 0 Å². The Morgan fingerprint density at radius 1 is 1.00 bits per heavy atom. The minimum absolute atomic E-state index is 0.284. The lowest BCUT2D eigenvalue weighted by molar-refractivity contribution is 0.0500. The van der Waals surface area contributed by atoms with Crippen LogP contribution in [-0.2, 0) is 17.7 Å². The van der Waals surface area contributed by atoms with Gasteiger partial charge in [-0.2, -0.15) is 0 Å². The Balaban J connectivity index is 1.77. The lowest BCUT2D eigenvalue weighted by Gasteiger charge is -2.06. The molecular formula is C17H19NO2. The predicted octanol–water partition coefficient (Wildman–Crippen LogP) is 2.93. The molecule has 0 radical (unpaired) electrons. The second-order valence-corrected chi connectivity index (χ2v) is 4.63. The third-order valence-electron chi connectivity index (χ3n) is 3.08. The second-order valence-electron chi connectivity index (χ2n) is 4.63. The summed E-state index contributed by atoms with van der Waals surface area (Å²) in [5, 5.41) is 0. The van der Waals surface area contributed by atoms with Crippen molar-refractivity contribution in [3.8, 4) is 0 Å². The van der Waals surface area contributed by atoms with Crippen LogP contribution in [0.25, 0.3) is 0 Å². The Morgan fingerprint density at radius 3 is 2.50 bits per heavy atom. The summed E-state index contributed by atoms with van der Waals surface area (Å²) in [6.07, 6.45) is 1.74. The smallest absolute Gasteiger partial charge is 0.338 e. The van der Waals surface area contributed by atoms with E-state index in [0.29, 0.717) is 18.7 Å². The van der Waals surface area contributed by atoms with Gasteiger partial charge in [0.15, 0.2) is 0 Å². The molecule has 2 aromatic rings. The molecule has 3 heteroatoms. The maximum absolute atomic E-state index is 11.9. The monoisotopic (exact) mass is 269 g/mol. The Morgan fingerprint density at radius 2 is 1.75 bits per heavy atom. The normalized spacial score (nSPS) is 10.2. The summed E-state index contributed by atoms with van der Waals surface area (Å²) in [7, 11) is 0. The summed E-state index contributed by atoms with van der Waals surface area (Å²) in [5.74, 6) is -0.284. The average Bonchev–Trinajstić information content (AvgIpc) is 2.52. The number of carbonyl (C=O) groups excluding carboxylic acids is 1. The Labute approximate surface area is 119 Å². The number of esters is 1. The van der Waals surface area contributed by atoms with Gasteiger partial charge < -0.3 is 10.5 Å². The summed E-state index contributed by atoms with van der Waals surface area (Å²) < 4.78 is 5.27. The molecule has 2 aromatic carbocycles. The highest BCUT2D eigenvalue weighted by molar-refractivity contribution is 5.89. The number of carbonyl (C=O) groups is 1. The fraction of sp³-hybridized carbons (Fsp3) is 0.235. The van der Waals surface area contributed by atoms with Crippen LogP contribution in [0.5, 0.6) is 0 Å². The first kappa shape index (κ1) is 14.3. The summed E-state index contributed by atoms with van der Waals surface area (Å²) in [5.41, 5.74) is 8.31. The molecule has 0 atom stereocenters. The molecule has 0 saturated heterocycles. The zero-order valence-electron chi connectivity index (χ0n) is 11.4. The van der Waals surface area contributed by atoms with Crippen molar-refractivity contribution < 1.29 is 9.53 Å². The van der Waals surface area contributed by atoms with Gasteiger partial charge in [0.1, 0.15) is 0 Å². The lowest BCUT2D eigenvalue weighted by Crippen LogP contribution is -2.08. The highest BCUT2D eigenvalue weighted by Gasteiger charge is 2.07. The van der Waals surface area contributed by atoms with E-state index >= 15 is 0 Å². The van der Waals surface area contributed by atoms with E-state index in [1.54, 1.807) is 12.1 Å². The van der Waals surface area contributed by atoms with E-state index in [2.05, 4.69) is 12.1 Å². The van der Waals surface area contributed by atoms with Crippen LogP contribution in [0.15, 0.2) is 54.6 Å². The van der Waals surface area contributed by atoms with E-state index in [4.69, 9.17) is 10.5 Å². The molecule has 0 aromatic heterocycles. The van der Waals surface area contributed by atoms with Crippen molar-refractivity contribution in [1.82, 2.24) is 0 Å². The van der Waals surface area contributed by atoms with Crippen LogP contribution in [0.4, 0.5) is 0 Å². The van der Waals surface area contributed by atoms with Gasteiger partial charge in [0, 0.05) is 6.54 Å². The van der Waals surface area contributed by atoms with E-state index < -0.39 is 0 Å². The zero-order chi connectivity index (χ0) is 14.2. The van der Waals surface area contributed by atoms with Crippen molar-refractivity contribution in [2.24, 2.45) is 5.73 Å². The second kappa shape index (κ2) is 7.46. The van der Waals surface area contributed by atoms with Gasteiger partial charge in [0.05, 0.1) is 12.2 Å². The van der Waals surface area contributed by atoms with Crippen LogP contribution >= 0.6 is 0 Å². The minimum Gasteiger partial charge on any atom is -0.462 e. The fourth-order valence-electron chi connectivity index (χ4n) is 1.99. The standard InChI is InChI=1S/C17H19NO2/c18-13-15-8-4-10-16(12-15)17(19)20-11-5-9-14-6-2-1-3-7-14/h1-4,6-8,10,12H,5,9,11,13,18H2. The summed E-state index contributed by atoms with van der Waals surface area (Å²) in [4.78, 5) is 11.9. The SMILES string of the molecule is NCc1cccc(C(=O)OCCCc2ccccc2)c1. The first-order valence-electron chi connectivity index (χ1n) is 6.79. The zero-order valence-corrected chi connectivity index (χ0v) is 11.4.